The van der Waals surface area contributed by atoms with Gasteiger partial charge in [-0.15, -0.1) is 0 Å². The predicted molar refractivity (Wildman–Crippen MR) is 61.9 cm³/mol. The van der Waals surface area contributed by atoms with E-state index in [2.05, 4.69) is 0 Å². The highest BCUT2D eigenvalue weighted by Crippen LogP contribution is 2.32. The van der Waals surface area contributed by atoms with Crippen LogP contribution in [0.15, 0.2) is 18.2 Å². The average molecular weight is 243 g/mol. The zero-order chi connectivity index (χ0) is 11.5. The number of hydrogen-bond acceptors (Lipinski definition) is 3. The fraction of sp³-hybridized carbons (Fsp3) is 0.500. The van der Waals surface area contributed by atoms with Crippen molar-refractivity contribution >= 4 is 11.6 Å². The second kappa shape index (κ2) is 5.04. The van der Waals surface area contributed by atoms with Crippen LogP contribution < -0.4 is 4.74 Å². The number of hydrogen-bond donors (Lipinski definition) is 1. The molecule has 4 heteroatoms. The van der Waals surface area contributed by atoms with Crippen LogP contribution in [0.4, 0.5) is 0 Å². The van der Waals surface area contributed by atoms with Gasteiger partial charge < -0.3 is 14.6 Å². The van der Waals surface area contributed by atoms with E-state index in [1.54, 1.807) is 25.3 Å². The first-order chi connectivity index (χ1) is 7.72. The molecule has 1 aromatic carbocycles. The summed E-state index contributed by atoms with van der Waals surface area (Å²) in [6, 6.07) is 5.29. The molecule has 16 heavy (non-hydrogen) atoms. The number of benzene rings is 1. The van der Waals surface area contributed by atoms with E-state index < -0.39 is 6.10 Å². The number of ether oxygens (including phenoxy) is 2. The van der Waals surface area contributed by atoms with Crippen molar-refractivity contribution < 1.29 is 14.6 Å². The minimum absolute atomic E-state index is 0.106. The van der Waals surface area contributed by atoms with Gasteiger partial charge in [-0.2, -0.15) is 0 Å². The van der Waals surface area contributed by atoms with E-state index in [0.717, 1.165) is 25.0 Å². The van der Waals surface area contributed by atoms with Gasteiger partial charge in [-0.05, 0) is 30.5 Å². The summed E-state index contributed by atoms with van der Waals surface area (Å²) in [6.45, 7) is 0.729. The van der Waals surface area contributed by atoms with Gasteiger partial charge in [-0.1, -0.05) is 17.7 Å². The molecule has 0 amide bonds. The van der Waals surface area contributed by atoms with Crippen LogP contribution in [-0.4, -0.2) is 24.9 Å². The van der Waals surface area contributed by atoms with E-state index in [4.69, 9.17) is 21.1 Å². The molecule has 1 aliphatic heterocycles. The minimum Gasteiger partial charge on any atom is -0.495 e. The van der Waals surface area contributed by atoms with Gasteiger partial charge in [-0.25, -0.2) is 0 Å². The summed E-state index contributed by atoms with van der Waals surface area (Å²) in [6.07, 6.45) is 1.19. The van der Waals surface area contributed by atoms with E-state index in [1.165, 1.54) is 0 Å². The Morgan fingerprint density at radius 3 is 3.00 bits per heavy atom. The SMILES string of the molecule is COc1cc(C(O)C2CCCO2)ccc1Cl. The second-order valence-corrected chi connectivity index (χ2v) is 4.30. The number of aliphatic hydroxyl groups is 1. The lowest BCUT2D eigenvalue weighted by Crippen LogP contribution is -2.17. The molecule has 1 aromatic rings. The summed E-state index contributed by atoms with van der Waals surface area (Å²) < 4.78 is 10.6. The summed E-state index contributed by atoms with van der Waals surface area (Å²) in [5, 5.41) is 10.7. The fourth-order valence-corrected chi connectivity index (χ4v) is 2.12. The first-order valence-electron chi connectivity index (χ1n) is 5.35. The van der Waals surface area contributed by atoms with Gasteiger partial charge in [0.15, 0.2) is 0 Å². The highest BCUT2D eigenvalue weighted by atomic mass is 35.5. The molecule has 1 fully saturated rings. The predicted octanol–water partition coefficient (Wildman–Crippen LogP) is 2.56. The number of methoxy groups -OCH3 is 1. The molecule has 1 heterocycles. The fourth-order valence-electron chi connectivity index (χ4n) is 1.93. The molecule has 2 rings (SSSR count). The zero-order valence-electron chi connectivity index (χ0n) is 9.15. The van der Waals surface area contributed by atoms with Crippen LogP contribution in [0.2, 0.25) is 5.02 Å². The molecule has 88 valence electrons. The molecule has 0 bridgehead atoms. The van der Waals surface area contributed by atoms with Crippen LogP contribution in [0.1, 0.15) is 24.5 Å². The summed E-state index contributed by atoms with van der Waals surface area (Å²) in [5.74, 6) is 0.580. The average Bonchev–Trinajstić information content (AvgIpc) is 2.82. The van der Waals surface area contributed by atoms with Gasteiger partial charge >= 0.3 is 0 Å². The third-order valence-electron chi connectivity index (χ3n) is 2.83. The number of aliphatic hydroxyl groups excluding tert-OH is 1. The Morgan fingerprint density at radius 1 is 1.56 bits per heavy atom. The highest BCUT2D eigenvalue weighted by Gasteiger charge is 2.25. The van der Waals surface area contributed by atoms with Crippen LogP contribution in [0.3, 0.4) is 0 Å². The molecular formula is C12H15ClO3. The van der Waals surface area contributed by atoms with Gasteiger partial charge in [0.1, 0.15) is 11.9 Å². The molecule has 0 saturated carbocycles. The summed E-state index contributed by atoms with van der Waals surface area (Å²) in [7, 11) is 1.56. The largest absolute Gasteiger partial charge is 0.495 e. The Morgan fingerprint density at radius 2 is 2.38 bits per heavy atom. The summed E-state index contributed by atoms with van der Waals surface area (Å²) >= 11 is 5.92. The lowest BCUT2D eigenvalue weighted by atomic mass is 10.0. The van der Waals surface area contributed by atoms with Gasteiger partial charge in [-0.3, -0.25) is 0 Å². The quantitative estimate of drug-likeness (QED) is 0.886. The van der Waals surface area contributed by atoms with Crippen molar-refractivity contribution in [1.29, 1.82) is 0 Å². The van der Waals surface area contributed by atoms with Gasteiger partial charge in [0.05, 0.1) is 18.2 Å². The van der Waals surface area contributed by atoms with E-state index in [0.29, 0.717) is 10.8 Å². The smallest absolute Gasteiger partial charge is 0.137 e. The first-order valence-corrected chi connectivity index (χ1v) is 5.73. The second-order valence-electron chi connectivity index (χ2n) is 3.89. The zero-order valence-corrected chi connectivity index (χ0v) is 9.91. The van der Waals surface area contributed by atoms with Crippen molar-refractivity contribution in [1.82, 2.24) is 0 Å². The van der Waals surface area contributed by atoms with Gasteiger partial charge in [0.2, 0.25) is 0 Å². The molecule has 3 nitrogen and oxygen atoms in total. The Hall–Kier alpha value is -0.770. The molecule has 1 N–H and O–H groups in total. The standard InChI is InChI=1S/C12H15ClO3/c1-15-11-7-8(4-5-9(11)13)12(14)10-3-2-6-16-10/h4-5,7,10,12,14H,2-3,6H2,1H3. The molecule has 0 spiro atoms. The Kier molecular flexibility index (Phi) is 3.69. The van der Waals surface area contributed by atoms with Crippen molar-refractivity contribution in [3.8, 4) is 5.75 Å². The van der Waals surface area contributed by atoms with Crippen LogP contribution in [0.25, 0.3) is 0 Å². The monoisotopic (exact) mass is 242 g/mol. The van der Waals surface area contributed by atoms with E-state index in [-0.39, 0.29) is 6.10 Å². The third kappa shape index (κ3) is 2.32. The van der Waals surface area contributed by atoms with Crippen LogP contribution >= 0.6 is 11.6 Å². The lowest BCUT2D eigenvalue weighted by Gasteiger charge is -2.18. The minimum atomic E-state index is -0.603. The topological polar surface area (TPSA) is 38.7 Å². The van der Waals surface area contributed by atoms with Crippen molar-refractivity contribution in [2.24, 2.45) is 0 Å². The van der Waals surface area contributed by atoms with Crippen LogP contribution in [0, 0.1) is 0 Å². The summed E-state index contributed by atoms with van der Waals surface area (Å²) in [4.78, 5) is 0. The lowest BCUT2D eigenvalue weighted by molar-refractivity contribution is -0.00266. The number of rotatable bonds is 3. The maximum Gasteiger partial charge on any atom is 0.137 e. The molecule has 1 aliphatic rings. The first kappa shape index (κ1) is 11.7. The summed E-state index contributed by atoms with van der Waals surface area (Å²) in [5.41, 5.74) is 0.785. The van der Waals surface area contributed by atoms with Gasteiger partial charge in [0.25, 0.3) is 0 Å². The Labute approximate surface area is 99.9 Å². The molecule has 0 aromatic heterocycles. The Bertz CT molecular complexity index is 361. The van der Waals surface area contributed by atoms with Crippen molar-refractivity contribution in [3.63, 3.8) is 0 Å². The maximum absolute atomic E-state index is 10.1. The van der Waals surface area contributed by atoms with E-state index in [9.17, 15) is 5.11 Å². The molecule has 0 aliphatic carbocycles. The Balaban J connectivity index is 2.19. The maximum atomic E-state index is 10.1. The van der Waals surface area contributed by atoms with Crippen LogP contribution in [0.5, 0.6) is 5.75 Å². The third-order valence-corrected chi connectivity index (χ3v) is 3.15. The molecule has 0 radical (unpaired) electrons. The highest BCUT2D eigenvalue weighted by molar-refractivity contribution is 6.32. The molecule has 2 atom stereocenters. The molecular weight excluding hydrogens is 228 g/mol. The molecule has 1 saturated heterocycles. The normalized spacial score (nSPS) is 22.1. The van der Waals surface area contributed by atoms with Crippen molar-refractivity contribution in [2.45, 2.75) is 25.0 Å². The van der Waals surface area contributed by atoms with E-state index in [1.807, 2.05) is 0 Å². The van der Waals surface area contributed by atoms with Crippen LogP contribution in [-0.2, 0) is 4.74 Å². The van der Waals surface area contributed by atoms with Crippen molar-refractivity contribution in [3.05, 3.63) is 28.8 Å². The number of halogens is 1. The van der Waals surface area contributed by atoms with Crippen molar-refractivity contribution in [2.75, 3.05) is 13.7 Å². The molecule has 2 unspecified atom stereocenters. The van der Waals surface area contributed by atoms with Gasteiger partial charge in [0, 0.05) is 6.61 Å². The van der Waals surface area contributed by atoms with E-state index >= 15 is 0 Å².